The van der Waals surface area contributed by atoms with Crippen LogP contribution in [0, 0.1) is 0 Å². The minimum absolute atomic E-state index is 0.367. The van der Waals surface area contributed by atoms with E-state index in [0.29, 0.717) is 15.6 Å². The van der Waals surface area contributed by atoms with E-state index in [2.05, 4.69) is 12.2 Å². The lowest BCUT2D eigenvalue weighted by atomic mass is 10.2. The average molecular weight is 230 g/mol. The number of nitrogens with one attached hydrogen (secondary N) is 1. The summed E-state index contributed by atoms with van der Waals surface area (Å²) < 4.78 is 0. The molecule has 1 fully saturated rings. The standard InChI is InChI=1S/C11H13Cl2N/c1-11(4-5-11)14-7-8-2-3-9(12)10(13)6-8/h2-3,6,14H,4-5,7H2,1H3. The zero-order valence-corrected chi connectivity index (χ0v) is 9.62. The van der Waals surface area contributed by atoms with Crippen LogP contribution in [0.1, 0.15) is 25.3 Å². The maximum absolute atomic E-state index is 5.92. The van der Waals surface area contributed by atoms with Crippen molar-refractivity contribution in [1.82, 2.24) is 5.32 Å². The molecule has 3 heteroatoms. The molecule has 1 aliphatic carbocycles. The number of rotatable bonds is 3. The van der Waals surface area contributed by atoms with Crippen LogP contribution < -0.4 is 5.32 Å². The van der Waals surface area contributed by atoms with E-state index >= 15 is 0 Å². The molecule has 0 spiro atoms. The Bertz CT molecular complexity index is 345. The predicted molar refractivity (Wildman–Crippen MR) is 60.9 cm³/mol. The largest absolute Gasteiger partial charge is 0.307 e. The molecule has 0 atom stereocenters. The van der Waals surface area contributed by atoms with Crippen LogP contribution in [0.4, 0.5) is 0 Å². The van der Waals surface area contributed by atoms with E-state index in [1.165, 1.54) is 18.4 Å². The molecule has 1 aromatic rings. The van der Waals surface area contributed by atoms with Crippen molar-refractivity contribution in [2.45, 2.75) is 31.8 Å². The van der Waals surface area contributed by atoms with Gasteiger partial charge in [-0.15, -0.1) is 0 Å². The predicted octanol–water partition coefficient (Wildman–Crippen LogP) is 3.64. The Hall–Kier alpha value is -0.240. The minimum Gasteiger partial charge on any atom is -0.307 e. The van der Waals surface area contributed by atoms with Crippen molar-refractivity contribution < 1.29 is 0 Å². The van der Waals surface area contributed by atoms with Crippen molar-refractivity contribution in [2.24, 2.45) is 0 Å². The summed E-state index contributed by atoms with van der Waals surface area (Å²) in [6, 6.07) is 5.77. The van der Waals surface area contributed by atoms with Gasteiger partial charge in [-0.25, -0.2) is 0 Å². The molecule has 0 radical (unpaired) electrons. The summed E-state index contributed by atoms with van der Waals surface area (Å²) >= 11 is 11.8. The zero-order valence-electron chi connectivity index (χ0n) is 8.11. The second-order valence-electron chi connectivity index (χ2n) is 4.16. The molecule has 0 amide bonds. The van der Waals surface area contributed by atoms with Gasteiger partial charge >= 0.3 is 0 Å². The first kappa shape index (κ1) is 10.3. The Labute approximate surface area is 94.4 Å². The van der Waals surface area contributed by atoms with E-state index in [-0.39, 0.29) is 0 Å². The molecule has 1 aliphatic rings. The second-order valence-corrected chi connectivity index (χ2v) is 4.98. The summed E-state index contributed by atoms with van der Waals surface area (Å²) in [7, 11) is 0. The second kappa shape index (κ2) is 3.73. The fourth-order valence-electron chi connectivity index (χ4n) is 1.33. The van der Waals surface area contributed by atoms with Gasteiger partial charge in [0, 0.05) is 12.1 Å². The Balaban J connectivity index is 1.99. The fourth-order valence-corrected chi connectivity index (χ4v) is 1.65. The van der Waals surface area contributed by atoms with E-state index in [4.69, 9.17) is 23.2 Å². The molecule has 14 heavy (non-hydrogen) atoms. The highest BCUT2D eigenvalue weighted by Gasteiger charge is 2.36. The molecule has 0 aliphatic heterocycles. The van der Waals surface area contributed by atoms with Crippen molar-refractivity contribution in [2.75, 3.05) is 0 Å². The summed E-state index contributed by atoms with van der Waals surface area (Å²) in [5, 5.41) is 4.74. The van der Waals surface area contributed by atoms with Crippen LogP contribution >= 0.6 is 23.2 Å². The van der Waals surface area contributed by atoms with Crippen LogP contribution in [-0.2, 0) is 6.54 Å². The van der Waals surface area contributed by atoms with Crippen molar-refractivity contribution >= 4 is 23.2 Å². The first-order chi connectivity index (χ1) is 6.59. The molecule has 1 nitrogen and oxygen atoms in total. The monoisotopic (exact) mass is 229 g/mol. The third-order valence-electron chi connectivity index (χ3n) is 2.70. The first-order valence-corrected chi connectivity index (χ1v) is 5.54. The van der Waals surface area contributed by atoms with Gasteiger partial charge in [-0.2, -0.15) is 0 Å². The molecular formula is C11H13Cl2N. The zero-order chi connectivity index (χ0) is 10.2. The Morgan fingerprint density at radius 3 is 2.57 bits per heavy atom. The van der Waals surface area contributed by atoms with Gasteiger partial charge in [-0.05, 0) is 37.5 Å². The van der Waals surface area contributed by atoms with Gasteiger partial charge in [-0.1, -0.05) is 29.3 Å². The average Bonchev–Trinajstić information content (AvgIpc) is 2.87. The fraction of sp³-hybridized carbons (Fsp3) is 0.455. The van der Waals surface area contributed by atoms with Crippen molar-refractivity contribution in [1.29, 1.82) is 0 Å². The van der Waals surface area contributed by atoms with Gasteiger partial charge < -0.3 is 5.32 Å². The van der Waals surface area contributed by atoms with Crippen molar-refractivity contribution in [3.05, 3.63) is 33.8 Å². The number of hydrogen-bond donors (Lipinski definition) is 1. The Kier molecular flexibility index (Phi) is 2.74. The Morgan fingerprint density at radius 2 is 2.00 bits per heavy atom. The molecular weight excluding hydrogens is 217 g/mol. The van der Waals surface area contributed by atoms with Crippen LogP contribution in [-0.4, -0.2) is 5.54 Å². The van der Waals surface area contributed by atoms with Crippen LogP contribution in [0.15, 0.2) is 18.2 Å². The van der Waals surface area contributed by atoms with Gasteiger partial charge in [0.05, 0.1) is 10.0 Å². The van der Waals surface area contributed by atoms with E-state index in [1.54, 1.807) is 0 Å². The van der Waals surface area contributed by atoms with Crippen LogP contribution in [0.3, 0.4) is 0 Å². The number of benzene rings is 1. The number of hydrogen-bond acceptors (Lipinski definition) is 1. The molecule has 1 N–H and O–H groups in total. The van der Waals surface area contributed by atoms with Gasteiger partial charge in [0.2, 0.25) is 0 Å². The SMILES string of the molecule is CC1(NCc2ccc(Cl)c(Cl)c2)CC1. The van der Waals surface area contributed by atoms with Gasteiger partial charge in [0.1, 0.15) is 0 Å². The van der Waals surface area contributed by atoms with Gasteiger partial charge in [0.15, 0.2) is 0 Å². The molecule has 76 valence electrons. The van der Waals surface area contributed by atoms with Crippen LogP contribution in [0.5, 0.6) is 0 Å². The highest BCUT2D eigenvalue weighted by Crippen LogP contribution is 2.34. The first-order valence-electron chi connectivity index (χ1n) is 4.78. The third-order valence-corrected chi connectivity index (χ3v) is 3.44. The lowest BCUT2D eigenvalue weighted by molar-refractivity contribution is 0.538. The smallest absolute Gasteiger partial charge is 0.0595 e. The summed E-state index contributed by atoms with van der Waals surface area (Å²) in [4.78, 5) is 0. The molecule has 0 bridgehead atoms. The highest BCUT2D eigenvalue weighted by molar-refractivity contribution is 6.42. The summed E-state index contributed by atoms with van der Waals surface area (Å²) in [5.74, 6) is 0. The van der Waals surface area contributed by atoms with E-state index in [0.717, 1.165) is 6.54 Å². The van der Waals surface area contributed by atoms with E-state index in [9.17, 15) is 0 Å². The van der Waals surface area contributed by atoms with Gasteiger partial charge in [0.25, 0.3) is 0 Å². The normalized spacial score (nSPS) is 18.2. The van der Waals surface area contributed by atoms with Crippen molar-refractivity contribution in [3.63, 3.8) is 0 Å². The molecule has 0 unspecified atom stereocenters. The maximum Gasteiger partial charge on any atom is 0.0595 e. The summed E-state index contributed by atoms with van der Waals surface area (Å²) in [6.07, 6.45) is 2.54. The molecule has 1 aromatic carbocycles. The van der Waals surface area contributed by atoms with E-state index < -0.39 is 0 Å². The summed E-state index contributed by atoms with van der Waals surface area (Å²) in [5.41, 5.74) is 1.55. The number of halogens is 2. The quantitative estimate of drug-likeness (QED) is 0.835. The Morgan fingerprint density at radius 1 is 1.29 bits per heavy atom. The topological polar surface area (TPSA) is 12.0 Å². The molecule has 0 saturated heterocycles. The molecule has 1 saturated carbocycles. The van der Waals surface area contributed by atoms with Crippen molar-refractivity contribution in [3.8, 4) is 0 Å². The van der Waals surface area contributed by atoms with Crippen LogP contribution in [0.25, 0.3) is 0 Å². The minimum atomic E-state index is 0.367. The maximum atomic E-state index is 5.92. The highest BCUT2D eigenvalue weighted by atomic mass is 35.5. The van der Waals surface area contributed by atoms with Crippen LogP contribution in [0.2, 0.25) is 10.0 Å². The third kappa shape index (κ3) is 2.41. The lowest BCUT2D eigenvalue weighted by Crippen LogP contribution is -2.26. The van der Waals surface area contributed by atoms with Gasteiger partial charge in [-0.3, -0.25) is 0 Å². The van der Waals surface area contributed by atoms with E-state index in [1.807, 2.05) is 18.2 Å². The lowest BCUT2D eigenvalue weighted by Gasteiger charge is -2.11. The molecule has 0 heterocycles. The summed E-state index contributed by atoms with van der Waals surface area (Å²) in [6.45, 7) is 3.11. The molecule has 0 aromatic heterocycles. The molecule has 2 rings (SSSR count).